The molecule has 5 atom stereocenters. The van der Waals surface area contributed by atoms with Crippen molar-refractivity contribution in [1.29, 1.82) is 0 Å². The Balaban J connectivity index is 0.000000195. The molecular formula is C44H52Cl2SiZr-2. The molecule has 8 rings (SSSR count). The van der Waals surface area contributed by atoms with Gasteiger partial charge in [0, 0.05) is 0 Å². The third kappa shape index (κ3) is 8.09. The molecule has 48 heavy (non-hydrogen) atoms. The van der Waals surface area contributed by atoms with Crippen molar-refractivity contribution in [1.82, 2.24) is 0 Å². The predicted octanol–water partition coefficient (Wildman–Crippen LogP) is 4.09. The van der Waals surface area contributed by atoms with E-state index in [0.29, 0.717) is 5.41 Å². The van der Waals surface area contributed by atoms with Gasteiger partial charge in [-0.05, 0) is 30.6 Å². The monoisotopic (exact) mass is 768 g/mol. The van der Waals surface area contributed by atoms with Crippen molar-refractivity contribution >= 4 is 15.8 Å². The van der Waals surface area contributed by atoms with Crippen molar-refractivity contribution in [2.75, 3.05) is 0 Å². The van der Waals surface area contributed by atoms with Crippen molar-refractivity contribution in [3.05, 3.63) is 142 Å². The Hall–Kier alpha value is -1.70. The number of benzene rings is 3. The molecule has 5 unspecified atom stereocenters. The van der Waals surface area contributed by atoms with Crippen molar-refractivity contribution in [3.63, 3.8) is 0 Å². The fraction of sp³-hybridized carbons (Fsp3) is 0.409. The van der Waals surface area contributed by atoms with Crippen LogP contribution in [0.25, 0.3) is 0 Å². The first kappa shape index (κ1) is 39.1. The van der Waals surface area contributed by atoms with Crippen LogP contribution < -0.4 is 35.2 Å². The van der Waals surface area contributed by atoms with E-state index in [4.69, 9.17) is 0 Å². The second-order valence-corrected chi connectivity index (χ2v) is 20.7. The van der Waals surface area contributed by atoms with Gasteiger partial charge in [0.05, 0.1) is 0 Å². The Bertz CT molecular complexity index is 1620. The molecule has 0 amide bonds. The molecule has 0 saturated heterocycles. The van der Waals surface area contributed by atoms with Crippen LogP contribution in [0.3, 0.4) is 0 Å². The quantitative estimate of drug-likeness (QED) is 0.213. The number of hydrogen-bond acceptors (Lipinski definition) is 0. The predicted molar refractivity (Wildman–Crippen MR) is 195 cm³/mol. The van der Waals surface area contributed by atoms with E-state index >= 15 is 0 Å². The van der Waals surface area contributed by atoms with E-state index in [1.807, 2.05) is 41.5 Å². The van der Waals surface area contributed by atoms with Crippen LogP contribution in [0.2, 0.25) is 0 Å². The second-order valence-electron chi connectivity index (χ2n) is 15.1. The van der Waals surface area contributed by atoms with Gasteiger partial charge in [-0.15, -0.1) is 6.92 Å². The molecular weight excluding hydrogens is 719 g/mol. The van der Waals surface area contributed by atoms with Crippen molar-refractivity contribution in [2.24, 2.45) is 29.1 Å². The molecule has 4 aliphatic rings. The zero-order chi connectivity index (χ0) is 32.4. The second kappa shape index (κ2) is 17.0. The van der Waals surface area contributed by atoms with Gasteiger partial charge in [0.2, 0.25) is 0 Å². The van der Waals surface area contributed by atoms with Gasteiger partial charge in [0.15, 0.2) is 0 Å². The average Bonchev–Trinajstić information content (AvgIpc) is 3.76. The normalized spacial score (nSPS) is 24.4. The van der Waals surface area contributed by atoms with E-state index in [0.717, 1.165) is 29.6 Å². The fourth-order valence-electron chi connectivity index (χ4n) is 9.10. The summed E-state index contributed by atoms with van der Waals surface area (Å²) < 4.78 is 0. The van der Waals surface area contributed by atoms with Crippen LogP contribution in [0.15, 0.2) is 114 Å². The summed E-state index contributed by atoms with van der Waals surface area (Å²) in [5.74, 6) is 6.00. The maximum atomic E-state index is 2.51. The fourth-order valence-corrected chi connectivity index (χ4v) is 13.0. The topological polar surface area (TPSA) is 0 Å². The first-order valence-electron chi connectivity index (χ1n) is 17.7. The molecule has 252 valence electrons. The number of fused-ring (bicyclic) bond motifs is 7. The summed E-state index contributed by atoms with van der Waals surface area (Å²) in [5.41, 5.74) is 9.60. The number of halogens is 2. The molecule has 4 heteroatoms. The third-order valence-corrected chi connectivity index (χ3v) is 18.1. The minimum atomic E-state index is -0.499. The summed E-state index contributed by atoms with van der Waals surface area (Å²) in [6.45, 7) is 14.3. The van der Waals surface area contributed by atoms with Crippen LogP contribution >= 0.6 is 0 Å². The molecule has 0 bridgehead atoms. The molecule has 2 fully saturated rings. The van der Waals surface area contributed by atoms with Gasteiger partial charge in [-0.3, -0.25) is 0 Å². The summed E-state index contributed by atoms with van der Waals surface area (Å²) in [7, 11) is 0. The summed E-state index contributed by atoms with van der Waals surface area (Å²) in [6.07, 6.45) is 8.52. The number of rotatable bonds is 2. The molecule has 0 N–H and O–H groups in total. The Morgan fingerprint density at radius 3 is 1.94 bits per heavy atom. The molecule has 0 radical (unpaired) electrons. The minimum Gasteiger partial charge on any atom is -1.00 e. The van der Waals surface area contributed by atoms with Gasteiger partial charge in [-0.2, -0.15) is 18.2 Å². The number of allylic oxidation sites excluding steroid dienone is 2. The maximum Gasteiger partial charge on any atom is -0.172 e. The van der Waals surface area contributed by atoms with Crippen molar-refractivity contribution < 1.29 is 48.1 Å². The Morgan fingerprint density at radius 1 is 0.792 bits per heavy atom. The summed E-state index contributed by atoms with van der Waals surface area (Å²) in [4.78, 5) is 0. The Labute approximate surface area is 319 Å². The van der Waals surface area contributed by atoms with E-state index in [9.17, 15) is 0 Å². The molecule has 4 aromatic carbocycles. The smallest absolute Gasteiger partial charge is 0.172 e. The van der Waals surface area contributed by atoms with Gasteiger partial charge in [-0.25, -0.2) is 29.2 Å². The van der Waals surface area contributed by atoms with E-state index in [1.54, 1.807) is 40.4 Å². The van der Waals surface area contributed by atoms with Crippen LogP contribution in [0.1, 0.15) is 88.0 Å². The molecule has 2 saturated carbocycles. The standard InChI is InChI=1S/C25H33.C14H14Si.C5H5.2ClH.Zr/c1-15-13-21-19-11-7-8-12-20(19)24-18-10-6-5-9-17(18)14-22(24)23(21)16(2)25(15,3)4;1-11-5-3-7-13(9-11)15-14-8-4-6-12(2)10-14;1-2-4-5-3-1;;;/h5-6,9-10,15,19-21,24H,7-8,11-14H2,1-4H3;3-10H,1-2H3;1-5H;2*1H;/q-1;;-1;;;+2/p-2. The Kier molecular flexibility index (Phi) is 13.9. The molecule has 0 heterocycles. The van der Waals surface area contributed by atoms with Gasteiger partial charge in [0.1, 0.15) is 0 Å². The molecule has 0 spiro atoms. The molecule has 0 aromatic heterocycles. The molecule has 0 aliphatic heterocycles. The van der Waals surface area contributed by atoms with Gasteiger partial charge >= 0.3 is 113 Å². The molecule has 0 nitrogen and oxygen atoms in total. The van der Waals surface area contributed by atoms with Gasteiger partial charge in [0.25, 0.3) is 0 Å². The van der Waals surface area contributed by atoms with E-state index < -0.39 is 5.43 Å². The van der Waals surface area contributed by atoms with Gasteiger partial charge in [-0.1, -0.05) is 99.1 Å². The molecule has 4 aliphatic carbocycles. The summed E-state index contributed by atoms with van der Waals surface area (Å²) >= 11 is 1.65. The van der Waals surface area contributed by atoms with Crippen molar-refractivity contribution in [3.8, 4) is 0 Å². The van der Waals surface area contributed by atoms with E-state index in [1.165, 1.54) is 60.0 Å². The van der Waals surface area contributed by atoms with Crippen LogP contribution in [-0.2, 0) is 29.8 Å². The minimum absolute atomic E-state index is 0. The van der Waals surface area contributed by atoms with Crippen molar-refractivity contribution in [2.45, 2.75) is 86.0 Å². The molecule has 4 aromatic rings. The SMILES string of the molecule is C[C-]1C2=C3Cc4ccccc4C3C3CCCCC3C2CC(C)C1(C)C.Cc1cccc([Si](=[Zr+2])c2cccc(C)c2)c1.[Cl-].[Cl-].c1cc[cH-]c1. The van der Waals surface area contributed by atoms with Crippen LogP contribution in [0.5, 0.6) is 0 Å². The first-order chi connectivity index (χ1) is 22.2. The summed E-state index contributed by atoms with van der Waals surface area (Å²) in [6, 6.07) is 37.3. The van der Waals surface area contributed by atoms with E-state index in [2.05, 4.69) is 114 Å². The van der Waals surface area contributed by atoms with Crippen LogP contribution in [0, 0.1) is 48.9 Å². The zero-order valence-corrected chi connectivity index (χ0v) is 34.7. The third-order valence-electron chi connectivity index (χ3n) is 12.1. The Morgan fingerprint density at radius 2 is 1.38 bits per heavy atom. The van der Waals surface area contributed by atoms with Crippen LogP contribution in [-0.4, -0.2) is 5.43 Å². The summed E-state index contributed by atoms with van der Waals surface area (Å²) in [5, 5.41) is 3.07. The van der Waals surface area contributed by atoms with Gasteiger partial charge < -0.3 is 24.8 Å². The largest absolute Gasteiger partial charge is 1.00 e. The first-order valence-corrected chi connectivity index (χ1v) is 22.9. The number of hydrogen-bond donors (Lipinski definition) is 0. The van der Waals surface area contributed by atoms with Crippen LogP contribution in [0.4, 0.5) is 0 Å². The van der Waals surface area contributed by atoms with E-state index in [-0.39, 0.29) is 24.8 Å². The zero-order valence-electron chi connectivity index (χ0n) is 29.7. The average molecular weight is 771 g/mol. The number of aryl methyl sites for hydroxylation is 2. The maximum absolute atomic E-state index is 2.51.